The molecule has 8 heteroatoms. The molecule has 0 radical (unpaired) electrons. The van der Waals surface area contributed by atoms with Crippen molar-refractivity contribution in [2.24, 2.45) is 4.99 Å². The van der Waals surface area contributed by atoms with Crippen molar-refractivity contribution in [1.29, 1.82) is 0 Å². The Hall–Kier alpha value is -0.870. The maximum atomic E-state index is 5.34. The van der Waals surface area contributed by atoms with Crippen molar-refractivity contribution < 1.29 is 4.74 Å². The Morgan fingerprint density at radius 1 is 1.27 bits per heavy atom. The highest BCUT2D eigenvalue weighted by molar-refractivity contribution is 14.0. The van der Waals surface area contributed by atoms with E-state index in [9.17, 15) is 0 Å². The topological polar surface area (TPSA) is 66.7 Å². The number of morpholine rings is 1. The van der Waals surface area contributed by atoms with E-state index in [1.807, 2.05) is 16.9 Å². The Labute approximate surface area is 149 Å². The van der Waals surface area contributed by atoms with Gasteiger partial charge in [-0.2, -0.15) is 5.10 Å². The summed E-state index contributed by atoms with van der Waals surface area (Å²) in [7, 11) is 0. The fourth-order valence-corrected chi connectivity index (χ4v) is 2.19. The first-order valence-electron chi connectivity index (χ1n) is 7.68. The van der Waals surface area contributed by atoms with Crippen LogP contribution in [0.3, 0.4) is 0 Å². The maximum Gasteiger partial charge on any atom is 0.191 e. The Bertz CT molecular complexity index is 405. The van der Waals surface area contributed by atoms with Gasteiger partial charge >= 0.3 is 0 Å². The van der Waals surface area contributed by atoms with Gasteiger partial charge in [0, 0.05) is 45.1 Å². The van der Waals surface area contributed by atoms with Gasteiger partial charge in [-0.25, -0.2) is 0 Å². The number of rotatable bonds is 7. The van der Waals surface area contributed by atoms with E-state index in [4.69, 9.17) is 4.74 Å². The van der Waals surface area contributed by atoms with Gasteiger partial charge in [-0.05, 0) is 13.0 Å². The average molecular weight is 422 g/mol. The first-order chi connectivity index (χ1) is 10.4. The molecule has 1 aliphatic heterocycles. The molecule has 1 saturated heterocycles. The fraction of sp³-hybridized carbons (Fsp3) is 0.714. The Morgan fingerprint density at radius 3 is 2.77 bits per heavy atom. The van der Waals surface area contributed by atoms with Gasteiger partial charge in [0.1, 0.15) is 0 Å². The van der Waals surface area contributed by atoms with Crippen molar-refractivity contribution in [1.82, 2.24) is 25.3 Å². The zero-order valence-corrected chi connectivity index (χ0v) is 15.5. The number of ether oxygens (including phenoxy) is 1. The van der Waals surface area contributed by atoms with Crippen molar-refractivity contribution in [2.45, 2.75) is 13.5 Å². The normalized spacial score (nSPS) is 16.1. The van der Waals surface area contributed by atoms with Crippen LogP contribution in [0, 0.1) is 0 Å². The van der Waals surface area contributed by atoms with Crippen LogP contribution < -0.4 is 10.6 Å². The van der Waals surface area contributed by atoms with Gasteiger partial charge in [0.25, 0.3) is 0 Å². The molecule has 0 aliphatic carbocycles. The van der Waals surface area contributed by atoms with E-state index >= 15 is 0 Å². The smallest absolute Gasteiger partial charge is 0.191 e. The number of hydrogen-bond acceptors (Lipinski definition) is 4. The van der Waals surface area contributed by atoms with Gasteiger partial charge in [-0.15, -0.1) is 24.0 Å². The lowest BCUT2D eigenvalue weighted by Gasteiger charge is -2.25. The van der Waals surface area contributed by atoms with E-state index in [1.54, 1.807) is 6.20 Å². The molecule has 2 heterocycles. The number of aromatic nitrogens is 2. The van der Waals surface area contributed by atoms with E-state index < -0.39 is 0 Å². The van der Waals surface area contributed by atoms with Gasteiger partial charge in [-0.1, -0.05) is 0 Å². The number of nitrogens with one attached hydrogen (secondary N) is 2. The zero-order valence-electron chi connectivity index (χ0n) is 13.2. The van der Waals surface area contributed by atoms with Gasteiger partial charge in [0.05, 0.1) is 26.3 Å². The highest BCUT2D eigenvalue weighted by atomic mass is 127. The first-order valence-corrected chi connectivity index (χ1v) is 7.68. The molecule has 0 spiro atoms. The summed E-state index contributed by atoms with van der Waals surface area (Å²) in [6.45, 7) is 10.1. The Balaban J connectivity index is 0.00000242. The molecule has 0 amide bonds. The molecule has 126 valence electrons. The molecule has 1 fully saturated rings. The van der Waals surface area contributed by atoms with Crippen molar-refractivity contribution in [3.63, 3.8) is 0 Å². The summed E-state index contributed by atoms with van der Waals surface area (Å²) in [6, 6.07) is 1.93. The predicted molar refractivity (Wildman–Crippen MR) is 98.9 cm³/mol. The molecule has 0 unspecified atom stereocenters. The van der Waals surface area contributed by atoms with Crippen molar-refractivity contribution in [3.05, 3.63) is 18.5 Å². The molecule has 0 atom stereocenters. The molecule has 7 nitrogen and oxygen atoms in total. The van der Waals surface area contributed by atoms with Crippen LogP contribution in [0.2, 0.25) is 0 Å². The minimum atomic E-state index is 0. The standard InChI is InChI=1S/C14H26N6O.HI/c1-2-15-14(17-6-9-20-7-3-4-18-20)16-5-8-19-10-12-21-13-11-19;/h3-4,7H,2,5-6,8-13H2,1H3,(H2,15,16,17);1H. The van der Waals surface area contributed by atoms with Crippen LogP contribution in [0.15, 0.2) is 23.5 Å². The lowest BCUT2D eigenvalue weighted by molar-refractivity contribution is 0.0394. The third kappa shape index (κ3) is 7.41. The lowest BCUT2D eigenvalue weighted by atomic mass is 10.4. The van der Waals surface area contributed by atoms with Crippen molar-refractivity contribution in [2.75, 3.05) is 52.5 Å². The van der Waals surface area contributed by atoms with Crippen molar-refractivity contribution in [3.8, 4) is 0 Å². The first kappa shape index (κ1) is 19.2. The lowest BCUT2D eigenvalue weighted by Crippen LogP contribution is -2.41. The molecule has 2 rings (SSSR count). The monoisotopic (exact) mass is 422 g/mol. The van der Waals surface area contributed by atoms with E-state index in [0.717, 1.165) is 65.0 Å². The molecule has 0 saturated carbocycles. The van der Waals surface area contributed by atoms with Crippen LogP contribution in [0.25, 0.3) is 0 Å². The van der Waals surface area contributed by atoms with Crippen molar-refractivity contribution >= 4 is 29.9 Å². The third-order valence-electron chi connectivity index (χ3n) is 3.33. The van der Waals surface area contributed by atoms with Crippen LogP contribution in [-0.4, -0.2) is 73.1 Å². The SMILES string of the molecule is CCNC(=NCCN1CCOCC1)NCCn1cccn1.I. The fourth-order valence-electron chi connectivity index (χ4n) is 2.19. The minimum Gasteiger partial charge on any atom is -0.379 e. The van der Waals surface area contributed by atoms with Gasteiger partial charge < -0.3 is 15.4 Å². The second-order valence-corrected chi connectivity index (χ2v) is 4.91. The average Bonchev–Trinajstić information content (AvgIpc) is 3.02. The second kappa shape index (κ2) is 11.7. The molecular weight excluding hydrogens is 395 g/mol. The number of halogens is 1. The molecule has 1 aromatic heterocycles. The molecule has 0 aromatic carbocycles. The van der Waals surface area contributed by atoms with Crippen LogP contribution in [0.5, 0.6) is 0 Å². The van der Waals surface area contributed by atoms with E-state index in [-0.39, 0.29) is 24.0 Å². The third-order valence-corrected chi connectivity index (χ3v) is 3.33. The number of hydrogen-bond donors (Lipinski definition) is 2. The van der Waals surface area contributed by atoms with Gasteiger partial charge in [0.2, 0.25) is 0 Å². The number of guanidine groups is 1. The Morgan fingerprint density at radius 2 is 2.09 bits per heavy atom. The molecule has 0 bridgehead atoms. The van der Waals surface area contributed by atoms with E-state index in [1.165, 1.54) is 0 Å². The molecule has 1 aromatic rings. The van der Waals surface area contributed by atoms with Gasteiger partial charge in [-0.3, -0.25) is 14.6 Å². The predicted octanol–water partition coefficient (Wildman–Crippen LogP) is 0.388. The summed E-state index contributed by atoms with van der Waals surface area (Å²) in [4.78, 5) is 7.00. The molecule has 2 N–H and O–H groups in total. The summed E-state index contributed by atoms with van der Waals surface area (Å²) in [5.74, 6) is 0.873. The zero-order chi connectivity index (χ0) is 14.8. The summed E-state index contributed by atoms with van der Waals surface area (Å²) in [6.07, 6.45) is 3.76. The summed E-state index contributed by atoms with van der Waals surface area (Å²) >= 11 is 0. The minimum absolute atomic E-state index is 0. The largest absolute Gasteiger partial charge is 0.379 e. The van der Waals surface area contributed by atoms with Crippen LogP contribution in [0.4, 0.5) is 0 Å². The van der Waals surface area contributed by atoms with Crippen LogP contribution in [0.1, 0.15) is 6.92 Å². The quantitative estimate of drug-likeness (QED) is 0.378. The molecular formula is C14H27IN6O. The van der Waals surface area contributed by atoms with E-state index in [0.29, 0.717) is 0 Å². The number of aliphatic imine (C=N–C) groups is 1. The molecule has 22 heavy (non-hydrogen) atoms. The Kier molecular flexibility index (Phi) is 10.2. The molecule has 1 aliphatic rings. The highest BCUT2D eigenvalue weighted by Crippen LogP contribution is 1.95. The highest BCUT2D eigenvalue weighted by Gasteiger charge is 2.09. The summed E-state index contributed by atoms with van der Waals surface area (Å²) in [5.41, 5.74) is 0. The number of nitrogens with zero attached hydrogens (tertiary/aromatic N) is 4. The van der Waals surface area contributed by atoms with Crippen LogP contribution in [-0.2, 0) is 11.3 Å². The van der Waals surface area contributed by atoms with Gasteiger partial charge in [0.15, 0.2) is 5.96 Å². The summed E-state index contributed by atoms with van der Waals surface area (Å²) < 4.78 is 7.25. The summed E-state index contributed by atoms with van der Waals surface area (Å²) in [5, 5.41) is 10.8. The van der Waals surface area contributed by atoms with E-state index in [2.05, 4.69) is 32.5 Å². The second-order valence-electron chi connectivity index (χ2n) is 4.91. The maximum absolute atomic E-state index is 5.34. The van der Waals surface area contributed by atoms with Crippen LogP contribution >= 0.6 is 24.0 Å².